The van der Waals surface area contributed by atoms with Crippen molar-refractivity contribution in [2.45, 2.75) is 38.9 Å². The van der Waals surface area contributed by atoms with Crippen LogP contribution in [0.15, 0.2) is 60.8 Å². The molecule has 1 aliphatic heterocycles. The van der Waals surface area contributed by atoms with Gasteiger partial charge in [-0.15, -0.1) is 0 Å². The van der Waals surface area contributed by atoms with Gasteiger partial charge in [-0.2, -0.15) is 18.2 Å². The number of carbonyl (C=O) groups is 1. The molecule has 0 atom stereocenters. The molecule has 180 valence electrons. The summed E-state index contributed by atoms with van der Waals surface area (Å²) in [6.45, 7) is 4.54. The van der Waals surface area contributed by atoms with Crippen LogP contribution in [0.5, 0.6) is 0 Å². The highest BCUT2D eigenvalue weighted by Gasteiger charge is 2.30. The third-order valence-corrected chi connectivity index (χ3v) is 5.28. The van der Waals surface area contributed by atoms with E-state index in [0.29, 0.717) is 24.6 Å². The smallest absolute Gasteiger partial charge is 0.356 e. The molecule has 0 radical (unpaired) electrons. The number of hydrogen-bond donors (Lipinski definition) is 2. The van der Waals surface area contributed by atoms with Gasteiger partial charge >= 0.3 is 6.18 Å². The van der Waals surface area contributed by atoms with Crippen LogP contribution in [-0.4, -0.2) is 29.5 Å². The standard InChI is InChI=1S/C16H17F3N4.C9H11NO/c17-16(18,19)12-5-4-6-13(11-12)21-15-20-8-7-14(22-15)23-9-2-1-3-10-23;1-8-2-4-9(5-3-8)6-10-7-11/h4-8,11H,1-3,9-10H2,(H,20,21,22);2-5,7H,6H2,1H3,(H,10,11). The summed E-state index contributed by atoms with van der Waals surface area (Å²) in [7, 11) is 0. The quantitative estimate of drug-likeness (QED) is 0.467. The fourth-order valence-electron chi connectivity index (χ4n) is 3.48. The molecular weight excluding hydrogens is 443 g/mol. The van der Waals surface area contributed by atoms with Gasteiger partial charge in [-0.05, 0) is 56.0 Å². The van der Waals surface area contributed by atoms with E-state index in [0.717, 1.165) is 49.4 Å². The Kier molecular flexibility index (Phi) is 8.84. The van der Waals surface area contributed by atoms with E-state index in [1.54, 1.807) is 12.3 Å². The Hall–Kier alpha value is -3.62. The molecule has 1 aromatic heterocycles. The van der Waals surface area contributed by atoms with Crippen LogP contribution in [-0.2, 0) is 17.5 Å². The van der Waals surface area contributed by atoms with Crippen LogP contribution in [0.2, 0.25) is 0 Å². The zero-order chi connectivity index (χ0) is 24.4. The Morgan fingerprint density at radius 3 is 2.44 bits per heavy atom. The van der Waals surface area contributed by atoms with Crippen LogP contribution in [0.1, 0.15) is 36.0 Å². The van der Waals surface area contributed by atoms with E-state index in [1.165, 1.54) is 18.1 Å². The number of benzene rings is 2. The summed E-state index contributed by atoms with van der Waals surface area (Å²) in [5.41, 5.74) is 1.98. The molecule has 2 heterocycles. The molecule has 0 unspecified atom stereocenters. The number of alkyl halides is 3. The van der Waals surface area contributed by atoms with E-state index in [-0.39, 0.29) is 0 Å². The normalized spacial score (nSPS) is 13.5. The van der Waals surface area contributed by atoms with Crippen LogP contribution in [0, 0.1) is 6.92 Å². The number of carbonyl (C=O) groups excluding carboxylic acids is 1. The topological polar surface area (TPSA) is 70.2 Å². The minimum absolute atomic E-state index is 0.299. The van der Waals surface area contributed by atoms with E-state index >= 15 is 0 Å². The van der Waals surface area contributed by atoms with Crippen molar-refractivity contribution in [3.8, 4) is 0 Å². The number of halogens is 3. The molecule has 1 saturated heterocycles. The monoisotopic (exact) mass is 471 g/mol. The molecule has 0 spiro atoms. The van der Waals surface area contributed by atoms with Crippen molar-refractivity contribution < 1.29 is 18.0 Å². The summed E-state index contributed by atoms with van der Waals surface area (Å²) in [6, 6.07) is 14.9. The Balaban J connectivity index is 0.000000248. The first kappa shape index (κ1) is 25.0. The van der Waals surface area contributed by atoms with E-state index < -0.39 is 11.7 Å². The van der Waals surface area contributed by atoms with Gasteiger partial charge < -0.3 is 15.5 Å². The zero-order valence-electron chi connectivity index (χ0n) is 19.0. The number of hydrogen-bond acceptors (Lipinski definition) is 5. The third kappa shape index (κ3) is 7.75. The van der Waals surface area contributed by atoms with Crippen molar-refractivity contribution in [3.05, 3.63) is 77.5 Å². The second kappa shape index (κ2) is 12.0. The van der Waals surface area contributed by atoms with Crippen LogP contribution < -0.4 is 15.5 Å². The Labute approximate surface area is 197 Å². The van der Waals surface area contributed by atoms with Crippen molar-refractivity contribution in [1.82, 2.24) is 15.3 Å². The molecule has 4 rings (SSSR count). The fourth-order valence-corrected chi connectivity index (χ4v) is 3.48. The Bertz CT molecular complexity index is 1050. The number of amides is 1. The number of aryl methyl sites for hydroxylation is 1. The second-order valence-electron chi connectivity index (χ2n) is 7.97. The van der Waals surface area contributed by atoms with Crippen molar-refractivity contribution in [2.24, 2.45) is 0 Å². The highest BCUT2D eigenvalue weighted by Crippen LogP contribution is 2.31. The van der Waals surface area contributed by atoms with Gasteiger partial charge in [-0.25, -0.2) is 4.98 Å². The first-order valence-corrected chi connectivity index (χ1v) is 11.1. The van der Waals surface area contributed by atoms with Gasteiger partial charge in [0, 0.05) is 31.5 Å². The summed E-state index contributed by atoms with van der Waals surface area (Å²) >= 11 is 0. The van der Waals surface area contributed by atoms with Gasteiger partial charge in [-0.3, -0.25) is 4.79 Å². The number of nitrogens with zero attached hydrogens (tertiary/aromatic N) is 3. The van der Waals surface area contributed by atoms with Gasteiger partial charge in [0.05, 0.1) is 5.56 Å². The maximum Gasteiger partial charge on any atom is 0.416 e. The molecule has 0 saturated carbocycles. The summed E-state index contributed by atoms with van der Waals surface area (Å²) in [6.07, 6.45) is 1.43. The number of piperidine rings is 1. The summed E-state index contributed by atoms with van der Waals surface area (Å²) in [5, 5.41) is 5.45. The lowest BCUT2D eigenvalue weighted by molar-refractivity contribution is -0.137. The lowest BCUT2D eigenvalue weighted by atomic mass is 10.1. The average Bonchev–Trinajstić information content (AvgIpc) is 2.84. The molecule has 34 heavy (non-hydrogen) atoms. The molecule has 3 aromatic rings. The third-order valence-electron chi connectivity index (χ3n) is 5.28. The van der Waals surface area contributed by atoms with Crippen molar-refractivity contribution in [1.29, 1.82) is 0 Å². The summed E-state index contributed by atoms with van der Waals surface area (Å²) in [5.74, 6) is 1.10. The Morgan fingerprint density at radius 1 is 1.03 bits per heavy atom. The van der Waals surface area contributed by atoms with Gasteiger partial charge in [0.2, 0.25) is 12.4 Å². The predicted molar refractivity (Wildman–Crippen MR) is 127 cm³/mol. The van der Waals surface area contributed by atoms with Gasteiger partial charge in [0.25, 0.3) is 0 Å². The SMILES string of the molecule is Cc1ccc(CNC=O)cc1.FC(F)(F)c1cccc(Nc2nccc(N3CCCCC3)n2)c1. The molecule has 9 heteroatoms. The van der Waals surface area contributed by atoms with Crippen molar-refractivity contribution in [2.75, 3.05) is 23.3 Å². The Morgan fingerprint density at radius 2 is 1.76 bits per heavy atom. The zero-order valence-corrected chi connectivity index (χ0v) is 19.0. The first-order valence-electron chi connectivity index (χ1n) is 11.1. The highest BCUT2D eigenvalue weighted by atomic mass is 19.4. The minimum Gasteiger partial charge on any atom is -0.356 e. The second-order valence-corrected chi connectivity index (χ2v) is 7.97. The van der Waals surface area contributed by atoms with E-state index in [1.807, 2.05) is 37.3 Å². The fraction of sp³-hybridized carbons (Fsp3) is 0.320. The van der Waals surface area contributed by atoms with Crippen LogP contribution in [0.4, 0.5) is 30.6 Å². The van der Waals surface area contributed by atoms with E-state index in [9.17, 15) is 18.0 Å². The minimum atomic E-state index is -4.37. The van der Waals surface area contributed by atoms with Gasteiger partial charge in [0.15, 0.2) is 0 Å². The number of rotatable bonds is 6. The van der Waals surface area contributed by atoms with Gasteiger partial charge in [-0.1, -0.05) is 35.9 Å². The summed E-state index contributed by atoms with van der Waals surface area (Å²) in [4.78, 5) is 20.6. The highest BCUT2D eigenvalue weighted by molar-refractivity contribution is 5.56. The van der Waals surface area contributed by atoms with E-state index in [2.05, 4.69) is 25.5 Å². The maximum absolute atomic E-state index is 12.7. The van der Waals surface area contributed by atoms with Crippen LogP contribution in [0.25, 0.3) is 0 Å². The molecule has 0 bridgehead atoms. The van der Waals surface area contributed by atoms with Gasteiger partial charge in [0.1, 0.15) is 5.82 Å². The molecule has 0 aliphatic carbocycles. The number of aromatic nitrogens is 2. The molecular formula is C25H28F3N5O. The van der Waals surface area contributed by atoms with Crippen LogP contribution in [0.3, 0.4) is 0 Å². The molecule has 6 nitrogen and oxygen atoms in total. The van der Waals surface area contributed by atoms with E-state index in [4.69, 9.17) is 0 Å². The van der Waals surface area contributed by atoms with Crippen LogP contribution >= 0.6 is 0 Å². The summed E-state index contributed by atoms with van der Waals surface area (Å²) < 4.78 is 38.2. The average molecular weight is 472 g/mol. The lowest BCUT2D eigenvalue weighted by Gasteiger charge is -2.27. The first-order chi connectivity index (χ1) is 16.3. The molecule has 2 aromatic carbocycles. The number of nitrogens with one attached hydrogen (secondary N) is 2. The van der Waals surface area contributed by atoms with Crippen molar-refractivity contribution in [3.63, 3.8) is 0 Å². The number of anilines is 3. The molecule has 1 fully saturated rings. The molecule has 1 aliphatic rings. The maximum atomic E-state index is 12.7. The van der Waals surface area contributed by atoms with Crippen molar-refractivity contribution >= 4 is 23.9 Å². The molecule has 1 amide bonds. The lowest BCUT2D eigenvalue weighted by Crippen LogP contribution is -2.30. The molecule has 2 N–H and O–H groups in total. The predicted octanol–water partition coefficient (Wildman–Crippen LogP) is 5.47. The largest absolute Gasteiger partial charge is 0.416 e.